The maximum Gasteiger partial charge on any atom is 0.125 e. The molecule has 0 saturated carbocycles. The predicted octanol–water partition coefficient (Wildman–Crippen LogP) is 4.91. The van der Waals surface area contributed by atoms with E-state index in [9.17, 15) is 8.78 Å². The van der Waals surface area contributed by atoms with Crippen molar-refractivity contribution in [3.8, 4) is 12.3 Å². The lowest BCUT2D eigenvalue weighted by Crippen LogP contribution is -2.34. The van der Waals surface area contributed by atoms with E-state index in [0.717, 1.165) is 29.2 Å². The number of benzene rings is 1. The van der Waals surface area contributed by atoms with E-state index >= 15 is 0 Å². The molecule has 5 heteroatoms. The molecule has 1 aliphatic rings. The normalized spacial score (nSPS) is 17.2. The van der Waals surface area contributed by atoms with E-state index < -0.39 is 6.17 Å². The number of nitrogens with one attached hydrogen (secondary N) is 1. The van der Waals surface area contributed by atoms with Crippen LogP contribution in [0.3, 0.4) is 0 Å². The third-order valence-electron chi connectivity index (χ3n) is 3.82. The van der Waals surface area contributed by atoms with E-state index in [4.69, 9.17) is 6.42 Å². The van der Waals surface area contributed by atoms with Gasteiger partial charge in [0.05, 0.1) is 5.69 Å². The van der Waals surface area contributed by atoms with Crippen LogP contribution < -0.4 is 4.72 Å². The average molecular weight is 348 g/mol. The fourth-order valence-electron chi connectivity index (χ4n) is 2.55. The van der Waals surface area contributed by atoms with E-state index in [1.807, 2.05) is 19.1 Å². The smallest absolute Gasteiger partial charge is 0.125 e. The van der Waals surface area contributed by atoms with Gasteiger partial charge < -0.3 is 4.72 Å². The highest BCUT2D eigenvalue weighted by molar-refractivity contribution is 8.04. The molecule has 1 aromatic rings. The monoisotopic (exact) mass is 348 g/mol. The first-order valence-electron chi connectivity index (χ1n) is 7.99. The van der Waals surface area contributed by atoms with Gasteiger partial charge in [0.25, 0.3) is 0 Å². The molecule has 1 N–H and O–H groups in total. The van der Waals surface area contributed by atoms with Crippen molar-refractivity contribution >= 4 is 17.6 Å². The molecule has 0 aliphatic carbocycles. The molecular weight excluding hydrogens is 326 g/mol. The van der Waals surface area contributed by atoms with Gasteiger partial charge >= 0.3 is 0 Å². The zero-order valence-corrected chi connectivity index (χ0v) is 14.6. The lowest BCUT2D eigenvalue weighted by Gasteiger charge is -2.29. The van der Waals surface area contributed by atoms with E-state index in [-0.39, 0.29) is 5.82 Å². The average Bonchev–Trinajstić information content (AvgIpc) is 2.57. The van der Waals surface area contributed by atoms with E-state index in [1.54, 1.807) is 12.1 Å². The SMILES string of the molecule is C#C/C=C(\C=C/C)SNc1cc(F)ccc1CN1CCC(F)CC1. The van der Waals surface area contributed by atoms with Gasteiger partial charge in [0.1, 0.15) is 12.0 Å². The Kier molecular flexibility index (Phi) is 7.36. The molecule has 1 saturated heterocycles. The Hall–Kier alpha value is -1.77. The summed E-state index contributed by atoms with van der Waals surface area (Å²) in [6.07, 6.45) is 11.2. The topological polar surface area (TPSA) is 15.3 Å². The zero-order valence-electron chi connectivity index (χ0n) is 13.8. The molecule has 0 aromatic heterocycles. The summed E-state index contributed by atoms with van der Waals surface area (Å²) in [5.41, 5.74) is 1.71. The molecule has 0 amide bonds. The highest BCUT2D eigenvalue weighted by Crippen LogP contribution is 2.27. The number of likely N-dealkylation sites (tertiary alicyclic amines) is 1. The fraction of sp³-hybridized carbons (Fsp3) is 0.368. The Labute approximate surface area is 147 Å². The van der Waals surface area contributed by atoms with Crippen LogP contribution in [0.1, 0.15) is 25.3 Å². The number of terminal acetylenes is 1. The summed E-state index contributed by atoms with van der Waals surface area (Å²) >= 11 is 1.35. The molecule has 0 radical (unpaired) electrons. The molecule has 0 bridgehead atoms. The van der Waals surface area contributed by atoms with Crippen molar-refractivity contribution in [3.05, 3.63) is 52.7 Å². The Balaban J connectivity index is 2.07. The Bertz CT molecular complexity index is 641. The van der Waals surface area contributed by atoms with Crippen molar-refractivity contribution in [1.29, 1.82) is 0 Å². The Morgan fingerprint density at radius 1 is 1.46 bits per heavy atom. The van der Waals surface area contributed by atoms with Crippen LogP contribution in [0.2, 0.25) is 0 Å². The second kappa shape index (κ2) is 9.51. The molecule has 24 heavy (non-hydrogen) atoms. The third kappa shape index (κ3) is 5.70. The molecule has 1 heterocycles. The van der Waals surface area contributed by atoms with Gasteiger partial charge in [-0.25, -0.2) is 8.78 Å². The summed E-state index contributed by atoms with van der Waals surface area (Å²) < 4.78 is 30.1. The van der Waals surface area contributed by atoms with Gasteiger partial charge in [-0.05, 0) is 49.4 Å². The van der Waals surface area contributed by atoms with Crippen LogP contribution in [-0.2, 0) is 6.54 Å². The number of hydrogen-bond donors (Lipinski definition) is 1. The second-order valence-electron chi connectivity index (χ2n) is 5.67. The highest BCUT2D eigenvalue weighted by Gasteiger charge is 2.19. The lowest BCUT2D eigenvalue weighted by molar-refractivity contribution is 0.145. The lowest BCUT2D eigenvalue weighted by atomic mass is 10.1. The van der Waals surface area contributed by atoms with Crippen LogP contribution in [0.15, 0.2) is 41.3 Å². The maximum atomic E-state index is 13.6. The van der Waals surface area contributed by atoms with Gasteiger partial charge in [-0.15, -0.1) is 6.42 Å². The number of piperidine rings is 1. The quantitative estimate of drug-likeness (QED) is 0.447. The van der Waals surface area contributed by atoms with Crippen molar-refractivity contribution in [2.45, 2.75) is 32.5 Å². The highest BCUT2D eigenvalue weighted by atomic mass is 32.2. The first-order valence-corrected chi connectivity index (χ1v) is 8.80. The molecule has 0 unspecified atom stereocenters. The van der Waals surface area contributed by atoms with E-state index in [0.29, 0.717) is 19.4 Å². The van der Waals surface area contributed by atoms with Crippen molar-refractivity contribution in [3.63, 3.8) is 0 Å². The minimum atomic E-state index is -0.695. The molecule has 0 spiro atoms. The van der Waals surface area contributed by atoms with Crippen LogP contribution in [-0.4, -0.2) is 24.2 Å². The number of alkyl halides is 1. The summed E-state index contributed by atoms with van der Waals surface area (Å²) in [7, 11) is 0. The molecule has 1 fully saturated rings. The third-order valence-corrected chi connectivity index (χ3v) is 4.63. The number of allylic oxidation sites excluding steroid dienone is 3. The van der Waals surface area contributed by atoms with E-state index in [2.05, 4.69) is 15.5 Å². The van der Waals surface area contributed by atoms with Crippen molar-refractivity contribution in [2.75, 3.05) is 17.8 Å². The van der Waals surface area contributed by atoms with Gasteiger partial charge in [0.2, 0.25) is 0 Å². The number of rotatable bonds is 6. The van der Waals surface area contributed by atoms with Crippen LogP contribution in [0, 0.1) is 18.2 Å². The van der Waals surface area contributed by atoms with Gasteiger partial charge in [-0.3, -0.25) is 4.90 Å². The number of hydrogen-bond acceptors (Lipinski definition) is 3. The van der Waals surface area contributed by atoms with Gasteiger partial charge in [0, 0.05) is 30.6 Å². The maximum absolute atomic E-state index is 13.6. The van der Waals surface area contributed by atoms with Gasteiger partial charge in [-0.1, -0.05) is 24.1 Å². The molecular formula is C19H22F2N2S. The minimum absolute atomic E-state index is 0.294. The fourth-order valence-corrected chi connectivity index (χ4v) is 3.30. The first kappa shape index (κ1) is 18.6. The molecule has 2 rings (SSSR count). The number of nitrogens with zero attached hydrogens (tertiary/aromatic N) is 1. The van der Waals surface area contributed by atoms with Crippen molar-refractivity contribution in [1.82, 2.24) is 4.90 Å². The van der Waals surface area contributed by atoms with Crippen LogP contribution >= 0.6 is 11.9 Å². The van der Waals surface area contributed by atoms with Crippen molar-refractivity contribution < 1.29 is 8.78 Å². The van der Waals surface area contributed by atoms with Crippen molar-refractivity contribution in [2.24, 2.45) is 0 Å². The Morgan fingerprint density at radius 3 is 2.88 bits per heavy atom. The standard InChI is InChI=1S/C19H22F2N2S/c1-3-5-18(6-4-2)24-22-19-13-17(21)8-7-15(19)14-23-11-9-16(20)10-12-23/h1,4-8,13,16,22H,9-12,14H2,2H3/b6-4-,18-5+. The van der Waals surface area contributed by atoms with Crippen LogP contribution in [0.25, 0.3) is 0 Å². The number of halogens is 2. The van der Waals surface area contributed by atoms with Crippen LogP contribution in [0.5, 0.6) is 0 Å². The Morgan fingerprint density at radius 2 is 2.21 bits per heavy atom. The zero-order chi connectivity index (χ0) is 17.4. The second-order valence-corrected chi connectivity index (χ2v) is 6.55. The molecule has 0 atom stereocenters. The van der Waals surface area contributed by atoms with Crippen LogP contribution in [0.4, 0.5) is 14.5 Å². The molecule has 1 aromatic carbocycles. The molecule has 128 valence electrons. The summed E-state index contributed by atoms with van der Waals surface area (Å²) in [4.78, 5) is 3.07. The largest absolute Gasteiger partial charge is 0.325 e. The van der Waals surface area contributed by atoms with Gasteiger partial charge in [-0.2, -0.15) is 0 Å². The summed E-state index contributed by atoms with van der Waals surface area (Å²) in [5, 5.41) is 0. The molecule has 2 nitrogen and oxygen atoms in total. The summed E-state index contributed by atoms with van der Waals surface area (Å²) in [5.74, 6) is 2.20. The van der Waals surface area contributed by atoms with Gasteiger partial charge in [0.15, 0.2) is 0 Å². The predicted molar refractivity (Wildman–Crippen MR) is 98.8 cm³/mol. The summed E-state index contributed by atoms with van der Waals surface area (Å²) in [6.45, 7) is 4.04. The first-order chi connectivity index (χ1) is 11.6. The number of anilines is 1. The van der Waals surface area contributed by atoms with E-state index in [1.165, 1.54) is 24.1 Å². The molecule has 1 aliphatic heterocycles. The minimum Gasteiger partial charge on any atom is -0.325 e. The summed E-state index contributed by atoms with van der Waals surface area (Å²) in [6, 6.07) is 4.71.